The summed E-state index contributed by atoms with van der Waals surface area (Å²) in [6.45, 7) is 7.35. The van der Waals surface area contributed by atoms with Gasteiger partial charge in [0.05, 0.1) is 6.33 Å². The molecule has 1 aromatic rings. The fraction of sp³-hybridized carbons (Fsp3) is 0.727. The number of hydrogen-bond donors (Lipinski definition) is 1. The van der Waals surface area contributed by atoms with Gasteiger partial charge in [-0.3, -0.25) is 0 Å². The summed E-state index contributed by atoms with van der Waals surface area (Å²) in [7, 11) is -1.97. The summed E-state index contributed by atoms with van der Waals surface area (Å²) in [5.74, 6) is 0. The zero-order valence-corrected chi connectivity index (χ0v) is 13.1. The summed E-state index contributed by atoms with van der Waals surface area (Å²) < 4.78 is 27.9. The Hall–Kier alpha value is -0.630. The zero-order chi connectivity index (χ0) is 14.5. The molecule has 0 saturated carbocycles. The molecule has 0 bridgehead atoms. The number of nitrogens with one attached hydrogen (secondary N) is 1. The molecule has 0 amide bonds. The van der Waals surface area contributed by atoms with E-state index in [9.17, 15) is 8.42 Å². The molecular weight excluding hydrogens is 288 g/mol. The Balaban J connectivity index is 2.51. The fourth-order valence-electron chi connectivity index (χ4n) is 1.69. The molecule has 19 heavy (non-hydrogen) atoms. The third-order valence-electron chi connectivity index (χ3n) is 2.93. The van der Waals surface area contributed by atoms with Gasteiger partial charge in [-0.1, -0.05) is 25.4 Å². The van der Waals surface area contributed by atoms with Gasteiger partial charge in [-0.2, -0.15) is 0 Å². The van der Waals surface area contributed by atoms with E-state index in [1.165, 1.54) is 10.9 Å². The fourth-order valence-corrected chi connectivity index (χ4v) is 3.19. The van der Waals surface area contributed by atoms with Gasteiger partial charge in [0.1, 0.15) is 5.15 Å². The molecule has 0 aliphatic rings. The summed E-state index contributed by atoms with van der Waals surface area (Å²) in [5.41, 5.74) is 0. The molecule has 6 nitrogen and oxygen atoms in total. The van der Waals surface area contributed by atoms with Gasteiger partial charge in [-0.05, 0) is 26.1 Å². The second kappa shape index (κ2) is 7.23. The summed E-state index contributed by atoms with van der Waals surface area (Å²) in [6.07, 6.45) is 2.14. The Kier molecular flexibility index (Phi) is 6.25. The minimum absolute atomic E-state index is 0.112. The van der Waals surface area contributed by atoms with Crippen molar-refractivity contribution < 1.29 is 8.42 Å². The van der Waals surface area contributed by atoms with E-state index in [0.29, 0.717) is 6.54 Å². The Morgan fingerprint density at radius 2 is 2.05 bits per heavy atom. The lowest BCUT2D eigenvalue weighted by atomic mass is 10.4. The molecule has 0 saturated heterocycles. The molecule has 110 valence electrons. The van der Waals surface area contributed by atoms with Crippen molar-refractivity contribution in [2.75, 3.05) is 26.2 Å². The second-order valence-corrected chi connectivity index (χ2v) is 6.27. The number of aromatic nitrogens is 2. The van der Waals surface area contributed by atoms with Gasteiger partial charge in [0.25, 0.3) is 10.0 Å². The summed E-state index contributed by atoms with van der Waals surface area (Å²) in [4.78, 5) is 6.04. The van der Waals surface area contributed by atoms with Gasteiger partial charge in [0.15, 0.2) is 0 Å². The molecule has 0 aliphatic carbocycles. The summed E-state index contributed by atoms with van der Waals surface area (Å²) in [5, 5.41) is 0.00995. The number of rotatable bonds is 8. The maximum atomic E-state index is 12.0. The summed E-state index contributed by atoms with van der Waals surface area (Å²) in [6, 6.07) is 0. The number of sulfonamides is 1. The Morgan fingerprint density at radius 3 is 2.53 bits per heavy atom. The first-order valence-electron chi connectivity index (χ1n) is 6.31. The molecule has 1 heterocycles. The number of halogens is 1. The quantitative estimate of drug-likeness (QED) is 0.730. The Morgan fingerprint density at radius 1 is 1.42 bits per heavy atom. The van der Waals surface area contributed by atoms with Crippen LogP contribution in [0.3, 0.4) is 0 Å². The van der Waals surface area contributed by atoms with E-state index < -0.39 is 10.0 Å². The van der Waals surface area contributed by atoms with Crippen LogP contribution in [0.5, 0.6) is 0 Å². The van der Waals surface area contributed by atoms with Gasteiger partial charge >= 0.3 is 0 Å². The van der Waals surface area contributed by atoms with E-state index in [4.69, 9.17) is 11.6 Å². The minimum Gasteiger partial charge on any atom is -0.324 e. The van der Waals surface area contributed by atoms with Crippen LogP contribution in [-0.2, 0) is 17.1 Å². The predicted octanol–water partition coefficient (Wildman–Crippen LogP) is 1.08. The highest BCUT2D eigenvalue weighted by Gasteiger charge is 2.21. The predicted molar refractivity (Wildman–Crippen MR) is 75.8 cm³/mol. The maximum Gasteiger partial charge on any atom is 0.261 e. The van der Waals surface area contributed by atoms with Crippen molar-refractivity contribution in [2.45, 2.75) is 25.3 Å². The molecule has 0 radical (unpaired) electrons. The third kappa shape index (κ3) is 4.45. The molecule has 1 N–H and O–H groups in total. The largest absolute Gasteiger partial charge is 0.324 e. The number of imidazole rings is 1. The summed E-state index contributed by atoms with van der Waals surface area (Å²) >= 11 is 5.87. The van der Waals surface area contributed by atoms with Gasteiger partial charge < -0.3 is 9.47 Å². The van der Waals surface area contributed by atoms with Gasteiger partial charge in [0, 0.05) is 13.6 Å². The average Bonchev–Trinajstić information content (AvgIpc) is 2.71. The lowest BCUT2D eigenvalue weighted by molar-refractivity contribution is 0.300. The van der Waals surface area contributed by atoms with Crippen molar-refractivity contribution in [1.29, 1.82) is 0 Å². The SMILES string of the molecule is CCN(CC)CCCNS(=O)(=O)c1ncn(C)c1Cl. The average molecular weight is 309 g/mol. The molecule has 0 atom stereocenters. The van der Waals surface area contributed by atoms with Crippen LogP contribution in [0.4, 0.5) is 0 Å². The van der Waals surface area contributed by atoms with Crippen molar-refractivity contribution in [3.63, 3.8) is 0 Å². The minimum atomic E-state index is -3.61. The third-order valence-corrected chi connectivity index (χ3v) is 4.88. The first kappa shape index (κ1) is 16.4. The molecular formula is C11H21ClN4O2S. The van der Waals surface area contributed by atoms with Crippen molar-refractivity contribution in [2.24, 2.45) is 7.05 Å². The Labute approximate surface area is 119 Å². The van der Waals surface area contributed by atoms with Crippen LogP contribution in [-0.4, -0.2) is 49.0 Å². The molecule has 1 rings (SSSR count). The van der Waals surface area contributed by atoms with Crippen LogP contribution in [0.2, 0.25) is 5.15 Å². The first-order chi connectivity index (χ1) is 8.92. The van der Waals surface area contributed by atoms with Crippen LogP contribution >= 0.6 is 11.6 Å². The van der Waals surface area contributed by atoms with Crippen molar-refractivity contribution in [3.8, 4) is 0 Å². The van der Waals surface area contributed by atoms with Crippen molar-refractivity contribution in [3.05, 3.63) is 11.5 Å². The molecule has 8 heteroatoms. The maximum absolute atomic E-state index is 12.0. The van der Waals surface area contributed by atoms with E-state index in [1.807, 2.05) is 0 Å². The highest BCUT2D eigenvalue weighted by Crippen LogP contribution is 2.17. The second-order valence-electron chi connectivity index (χ2n) is 4.23. The van der Waals surface area contributed by atoms with Gasteiger partial charge in [-0.15, -0.1) is 0 Å². The van der Waals surface area contributed by atoms with E-state index in [1.54, 1.807) is 7.05 Å². The zero-order valence-electron chi connectivity index (χ0n) is 11.6. The normalized spacial score (nSPS) is 12.3. The molecule has 0 spiro atoms. The van der Waals surface area contributed by atoms with Crippen LogP contribution in [0.15, 0.2) is 11.4 Å². The topological polar surface area (TPSA) is 67.2 Å². The van der Waals surface area contributed by atoms with Crippen LogP contribution in [0.25, 0.3) is 0 Å². The highest BCUT2D eigenvalue weighted by atomic mass is 35.5. The Bertz CT molecular complexity index is 497. The first-order valence-corrected chi connectivity index (χ1v) is 8.17. The monoisotopic (exact) mass is 308 g/mol. The highest BCUT2D eigenvalue weighted by molar-refractivity contribution is 7.89. The molecule has 0 unspecified atom stereocenters. The standard InChI is InChI=1S/C11H21ClN4O2S/c1-4-16(5-2)8-6-7-14-19(17,18)11-10(12)15(3)9-13-11/h9,14H,4-8H2,1-3H3. The van der Waals surface area contributed by atoms with E-state index in [0.717, 1.165) is 26.1 Å². The number of aryl methyl sites for hydroxylation is 1. The van der Waals surface area contributed by atoms with E-state index >= 15 is 0 Å². The molecule has 0 fully saturated rings. The van der Waals surface area contributed by atoms with Gasteiger partial charge in [-0.25, -0.2) is 18.1 Å². The van der Waals surface area contributed by atoms with Crippen molar-refractivity contribution in [1.82, 2.24) is 19.2 Å². The smallest absolute Gasteiger partial charge is 0.261 e. The van der Waals surface area contributed by atoms with Crippen LogP contribution in [0.1, 0.15) is 20.3 Å². The van der Waals surface area contributed by atoms with Crippen LogP contribution < -0.4 is 4.72 Å². The van der Waals surface area contributed by atoms with E-state index in [2.05, 4.69) is 28.5 Å². The van der Waals surface area contributed by atoms with Gasteiger partial charge in [0.2, 0.25) is 5.03 Å². The van der Waals surface area contributed by atoms with E-state index in [-0.39, 0.29) is 10.2 Å². The number of nitrogens with zero attached hydrogens (tertiary/aromatic N) is 3. The van der Waals surface area contributed by atoms with Crippen LogP contribution in [0, 0.1) is 0 Å². The lowest BCUT2D eigenvalue weighted by Gasteiger charge is -2.17. The number of hydrogen-bond acceptors (Lipinski definition) is 4. The lowest BCUT2D eigenvalue weighted by Crippen LogP contribution is -2.30. The molecule has 1 aromatic heterocycles. The molecule has 0 aliphatic heterocycles. The molecule has 0 aromatic carbocycles. The van der Waals surface area contributed by atoms with Crippen molar-refractivity contribution >= 4 is 21.6 Å².